The largest absolute Gasteiger partial charge is 0.325 e. The van der Waals surface area contributed by atoms with Gasteiger partial charge in [-0.1, -0.05) is 38.7 Å². The first-order chi connectivity index (χ1) is 9.26. The Labute approximate surface area is 115 Å². The molecule has 0 radical (unpaired) electrons. The maximum absolute atomic E-state index is 11.7. The van der Waals surface area contributed by atoms with E-state index in [9.17, 15) is 4.79 Å². The average Bonchev–Trinajstić information content (AvgIpc) is 2.45. The molecule has 0 atom stereocenters. The highest BCUT2D eigenvalue weighted by atomic mass is 16.1. The predicted molar refractivity (Wildman–Crippen MR) is 79.5 cm³/mol. The number of aromatic nitrogens is 1. The SMILES string of the molecule is CCCCCCCC(=O)C=Cc1cccc(CN)n1. The number of unbranched alkanes of at least 4 members (excludes halogenated alkanes) is 4. The van der Waals surface area contributed by atoms with Crippen molar-refractivity contribution in [2.75, 3.05) is 0 Å². The molecule has 0 spiro atoms. The van der Waals surface area contributed by atoms with Gasteiger partial charge in [0.25, 0.3) is 0 Å². The zero-order chi connectivity index (χ0) is 13.9. The molecule has 1 heterocycles. The fourth-order valence-electron chi connectivity index (χ4n) is 1.87. The summed E-state index contributed by atoms with van der Waals surface area (Å²) in [5, 5.41) is 0. The van der Waals surface area contributed by atoms with Crippen LogP contribution in [0.1, 0.15) is 56.8 Å². The first-order valence-electron chi connectivity index (χ1n) is 7.13. The van der Waals surface area contributed by atoms with Gasteiger partial charge in [-0.3, -0.25) is 9.78 Å². The van der Waals surface area contributed by atoms with E-state index in [0.717, 1.165) is 24.2 Å². The third-order valence-electron chi connectivity index (χ3n) is 3.00. The smallest absolute Gasteiger partial charge is 0.155 e. The minimum absolute atomic E-state index is 0.177. The van der Waals surface area contributed by atoms with Gasteiger partial charge in [0.15, 0.2) is 5.78 Å². The van der Waals surface area contributed by atoms with Gasteiger partial charge in [-0.15, -0.1) is 0 Å². The van der Waals surface area contributed by atoms with Gasteiger partial charge < -0.3 is 5.73 Å². The van der Waals surface area contributed by atoms with Crippen LogP contribution in [-0.2, 0) is 11.3 Å². The highest BCUT2D eigenvalue weighted by Gasteiger charge is 1.98. The number of carbonyl (C=O) groups is 1. The lowest BCUT2D eigenvalue weighted by atomic mass is 10.1. The zero-order valence-electron chi connectivity index (χ0n) is 11.8. The quantitative estimate of drug-likeness (QED) is 0.546. The molecule has 3 heteroatoms. The Kier molecular flexibility index (Phi) is 7.75. The Morgan fingerprint density at radius 2 is 2.05 bits per heavy atom. The molecule has 1 aromatic heterocycles. The molecule has 0 aromatic carbocycles. The molecule has 104 valence electrons. The van der Waals surface area contributed by atoms with Gasteiger partial charge in [-0.05, 0) is 30.7 Å². The van der Waals surface area contributed by atoms with E-state index in [1.165, 1.54) is 19.3 Å². The number of carbonyl (C=O) groups excluding carboxylic acids is 1. The third kappa shape index (κ3) is 6.87. The summed E-state index contributed by atoms with van der Waals surface area (Å²) in [5.74, 6) is 0.177. The van der Waals surface area contributed by atoms with Crippen LogP contribution in [0.3, 0.4) is 0 Å². The highest BCUT2D eigenvalue weighted by molar-refractivity contribution is 5.93. The van der Waals surface area contributed by atoms with Crippen LogP contribution in [0.4, 0.5) is 0 Å². The van der Waals surface area contributed by atoms with E-state index in [1.807, 2.05) is 18.2 Å². The van der Waals surface area contributed by atoms with Crippen LogP contribution >= 0.6 is 0 Å². The molecule has 19 heavy (non-hydrogen) atoms. The monoisotopic (exact) mass is 260 g/mol. The van der Waals surface area contributed by atoms with E-state index in [-0.39, 0.29) is 5.78 Å². The van der Waals surface area contributed by atoms with Gasteiger partial charge in [0, 0.05) is 13.0 Å². The van der Waals surface area contributed by atoms with E-state index < -0.39 is 0 Å². The van der Waals surface area contributed by atoms with Gasteiger partial charge >= 0.3 is 0 Å². The number of nitrogens with zero attached hydrogens (tertiary/aromatic N) is 1. The minimum atomic E-state index is 0.177. The van der Waals surface area contributed by atoms with Crippen molar-refractivity contribution >= 4 is 11.9 Å². The number of rotatable bonds is 9. The third-order valence-corrected chi connectivity index (χ3v) is 3.00. The molecule has 2 N–H and O–H groups in total. The summed E-state index contributed by atoms with van der Waals surface area (Å²) >= 11 is 0. The molecule has 0 fully saturated rings. The van der Waals surface area contributed by atoms with Crippen molar-refractivity contribution < 1.29 is 4.79 Å². The van der Waals surface area contributed by atoms with Crippen molar-refractivity contribution in [3.8, 4) is 0 Å². The lowest BCUT2D eigenvalue weighted by Gasteiger charge is -1.98. The zero-order valence-corrected chi connectivity index (χ0v) is 11.8. The van der Waals surface area contributed by atoms with Gasteiger partial charge in [0.05, 0.1) is 11.4 Å². The van der Waals surface area contributed by atoms with Crippen LogP contribution in [0.25, 0.3) is 6.08 Å². The normalized spacial score (nSPS) is 11.1. The Morgan fingerprint density at radius 1 is 1.26 bits per heavy atom. The second-order valence-corrected chi connectivity index (χ2v) is 4.72. The van der Waals surface area contributed by atoms with Gasteiger partial charge in [-0.25, -0.2) is 0 Å². The molecule has 0 saturated carbocycles. The van der Waals surface area contributed by atoms with Crippen molar-refractivity contribution in [3.63, 3.8) is 0 Å². The maximum Gasteiger partial charge on any atom is 0.155 e. The van der Waals surface area contributed by atoms with Crippen LogP contribution < -0.4 is 5.73 Å². The van der Waals surface area contributed by atoms with Crippen LogP contribution in [0.2, 0.25) is 0 Å². The van der Waals surface area contributed by atoms with E-state index in [1.54, 1.807) is 12.2 Å². The summed E-state index contributed by atoms with van der Waals surface area (Å²) in [6, 6.07) is 5.67. The van der Waals surface area contributed by atoms with Crippen molar-refractivity contribution in [2.45, 2.75) is 52.0 Å². The van der Waals surface area contributed by atoms with E-state index in [4.69, 9.17) is 5.73 Å². The fourth-order valence-corrected chi connectivity index (χ4v) is 1.87. The number of hydrogen-bond acceptors (Lipinski definition) is 3. The molecule has 0 aliphatic rings. The molecule has 0 aliphatic heterocycles. The van der Waals surface area contributed by atoms with Crippen LogP contribution in [0.5, 0.6) is 0 Å². The summed E-state index contributed by atoms with van der Waals surface area (Å²) in [6.07, 6.45) is 9.89. The first-order valence-corrected chi connectivity index (χ1v) is 7.13. The molecule has 0 bridgehead atoms. The number of ketones is 1. The Balaban J connectivity index is 2.32. The molecule has 3 nitrogen and oxygen atoms in total. The summed E-state index contributed by atoms with van der Waals surface area (Å²) in [4.78, 5) is 16.0. The number of hydrogen-bond donors (Lipinski definition) is 1. The van der Waals surface area contributed by atoms with Crippen LogP contribution in [0.15, 0.2) is 24.3 Å². The van der Waals surface area contributed by atoms with Crippen molar-refractivity contribution in [3.05, 3.63) is 35.7 Å². The van der Waals surface area contributed by atoms with Crippen molar-refractivity contribution in [1.82, 2.24) is 4.98 Å². The molecule has 0 aliphatic carbocycles. The van der Waals surface area contributed by atoms with E-state index in [2.05, 4.69) is 11.9 Å². The first kappa shape index (κ1) is 15.6. The molecular weight excluding hydrogens is 236 g/mol. The standard InChI is InChI=1S/C16H24N2O/c1-2-3-4-5-6-10-16(19)12-11-14-8-7-9-15(13-17)18-14/h7-9,11-12H,2-6,10,13,17H2,1H3. The number of pyridine rings is 1. The Morgan fingerprint density at radius 3 is 2.79 bits per heavy atom. The molecule has 0 unspecified atom stereocenters. The number of nitrogens with two attached hydrogens (primary N) is 1. The van der Waals surface area contributed by atoms with Crippen LogP contribution in [-0.4, -0.2) is 10.8 Å². The fraction of sp³-hybridized carbons (Fsp3) is 0.500. The predicted octanol–water partition coefficient (Wildman–Crippen LogP) is 3.48. The summed E-state index contributed by atoms with van der Waals surface area (Å²) in [7, 11) is 0. The molecule has 1 aromatic rings. The van der Waals surface area contributed by atoms with E-state index >= 15 is 0 Å². The van der Waals surface area contributed by atoms with Gasteiger partial charge in [0.1, 0.15) is 0 Å². The highest BCUT2D eigenvalue weighted by Crippen LogP contribution is 2.07. The molecule has 0 saturated heterocycles. The van der Waals surface area contributed by atoms with Gasteiger partial charge in [-0.2, -0.15) is 0 Å². The Bertz CT molecular complexity index is 413. The number of allylic oxidation sites excluding steroid dienone is 1. The Hall–Kier alpha value is -1.48. The second-order valence-electron chi connectivity index (χ2n) is 4.72. The lowest BCUT2D eigenvalue weighted by molar-refractivity contribution is -0.114. The summed E-state index contributed by atoms with van der Waals surface area (Å²) in [5.41, 5.74) is 7.16. The maximum atomic E-state index is 11.7. The van der Waals surface area contributed by atoms with Gasteiger partial charge in [0.2, 0.25) is 0 Å². The summed E-state index contributed by atoms with van der Waals surface area (Å²) < 4.78 is 0. The van der Waals surface area contributed by atoms with Crippen LogP contribution in [0, 0.1) is 0 Å². The van der Waals surface area contributed by atoms with Crippen molar-refractivity contribution in [1.29, 1.82) is 0 Å². The molecule has 1 rings (SSSR count). The minimum Gasteiger partial charge on any atom is -0.325 e. The van der Waals surface area contributed by atoms with E-state index in [0.29, 0.717) is 13.0 Å². The average molecular weight is 260 g/mol. The topological polar surface area (TPSA) is 56.0 Å². The second kappa shape index (κ2) is 9.45. The molecule has 0 amide bonds. The summed E-state index contributed by atoms with van der Waals surface area (Å²) in [6.45, 7) is 2.61. The van der Waals surface area contributed by atoms with Crippen molar-refractivity contribution in [2.24, 2.45) is 5.73 Å². The lowest BCUT2D eigenvalue weighted by Crippen LogP contribution is -2.00. The molecular formula is C16H24N2O.